The van der Waals surface area contributed by atoms with Gasteiger partial charge in [0.25, 0.3) is 0 Å². The fourth-order valence-corrected chi connectivity index (χ4v) is 15.7. The number of para-hydroxylation sites is 3. The van der Waals surface area contributed by atoms with Crippen LogP contribution < -0.4 is 24.9 Å². The maximum Gasteiger partial charge on any atom is 0.135 e. The molecule has 0 radical (unpaired) electrons. The molecule has 0 amide bonds. The molecule has 0 aliphatic carbocycles. The van der Waals surface area contributed by atoms with Crippen molar-refractivity contribution in [3.05, 3.63) is 285 Å². The van der Waals surface area contributed by atoms with Crippen molar-refractivity contribution in [3.63, 3.8) is 0 Å². The van der Waals surface area contributed by atoms with Crippen LogP contribution in [0.15, 0.2) is 261 Å². The van der Waals surface area contributed by atoms with Crippen LogP contribution in [0.4, 0.5) is 22.7 Å². The Morgan fingerprint density at radius 1 is 0.435 bits per heavy atom. The van der Waals surface area contributed by atoms with Gasteiger partial charge in [0.1, 0.15) is 5.82 Å². The maximum absolute atomic E-state index is 6.96. The number of hydrogen-bond acceptors (Lipinski definition) is 4. The molecule has 2 aliphatic heterocycles. The minimum absolute atomic E-state index is 0. The first-order valence-corrected chi connectivity index (χ1v) is 31.9. The van der Waals surface area contributed by atoms with E-state index in [1.165, 1.54) is 21.6 Å². The fraction of sp³-hybridized carbons (Fsp3) is 0.0769. The van der Waals surface area contributed by atoms with Crippen LogP contribution in [0.25, 0.3) is 94.4 Å². The number of rotatable bonds is 10. The third kappa shape index (κ3) is 9.51. The van der Waals surface area contributed by atoms with Gasteiger partial charge in [-0.25, -0.2) is 4.98 Å². The van der Waals surface area contributed by atoms with Gasteiger partial charge in [-0.2, -0.15) is 12.1 Å². The molecule has 4 heterocycles. The van der Waals surface area contributed by atoms with Crippen LogP contribution in [0.1, 0.15) is 26.3 Å². The van der Waals surface area contributed by atoms with Crippen LogP contribution in [0.5, 0.6) is 11.5 Å². The number of pyridine rings is 1. The first-order valence-electron chi connectivity index (χ1n) is 28.9. The number of ether oxygens (including phenoxy) is 1. The molecule has 85 heavy (non-hydrogen) atoms. The van der Waals surface area contributed by atoms with Crippen molar-refractivity contribution >= 4 is 63.0 Å². The summed E-state index contributed by atoms with van der Waals surface area (Å²) in [6.07, 6.45) is 1.92. The third-order valence-corrected chi connectivity index (χ3v) is 20.5. The van der Waals surface area contributed by atoms with Crippen molar-refractivity contribution in [1.29, 1.82) is 0 Å². The van der Waals surface area contributed by atoms with Gasteiger partial charge in [-0.1, -0.05) is 215 Å². The molecule has 414 valence electrons. The monoisotopic (exact) mass is 1290 g/mol. The Hall–Kier alpha value is -9.32. The number of hydrogen-bond donors (Lipinski definition) is 0. The summed E-state index contributed by atoms with van der Waals surface area (Å²) in [5.74, 6) is 2.08. The molecule has 13 aromatic rings. The molecular weight excluding hydrogens is 1230 g/mol. The van der Waals surface area contributed by atoms with Crippen molar-refractivity contribution < 1.29 is 25.8 Å². The molecule has 2 aliphatic rings. The first-order chi connectivity index (χ1) is 41.0. The summed E-state index contributed by atoms with van der Waals surface area (Å²) in [7, 11) is -2.36. The largest absolute Gasteiger partial charge is 0.509 e. The average Bonchev–Trinajstić information content (AvgIpc) is 1.68. The second-order valence-electron chi connectivity index (χ2n) is 23.7. The van der Waals surface area contributed by atoms with Gasteiger partial charge in [-0.15, -0.1) is 41.5 Å². The summed E-state index contributed by atoms with van der Waals surface area (Å²) in [4.78, 5) is 9.78. The zero-order valence-electron chi connectivity index (χ0n) is 47.9. The molecule has 2 aromatic heterocycles. The quantitative estimate of drug-likeness (QED) is 0.101. The van der Waals surface area contributed by atoms with Gasteiger partial charge in [-0.05, 0) is 138 Å². The van der Waals surface area contributed by atoms with E-state index in [2.05, 4.69) is 316 Å². The Bertz CT molecular complexity index is 4430. The van der Waals surface area contributed by atoms with Crippen molar-refractivity contribution in [2.45, 2.75) is 39.3 Å². The topological polar surface area (TPSA) is 33.5 Å². The molecule has 15 rings (SSSR count). The number of benzene rings is 11. The molecule has 0 N–H and O–H groups in total. The van der Waals surface area contributed by atoms with Crippen LogP contribution in [0, 0.1) is 18.8 Å². The summed E-state index contributed by atoms with van der Waals surface area (Å²) < 4.78 is 9.17. The minimum Gasteiger partial charge on any atom is -0.509 e. The molecule has 0 saturated heterocycles. The third-order valence-electron chi connectivity index (χ3n) is 17.0. The predicted molar refractivity (Wildman–Crippen MR) is 352 cm³/mol. The van der Waals surface area contributed by atoms with E-state index in [4.69, 9.17) is 9.72 Å². The molecule has 0 spiro atoms. The van der Waals surface area contributed by atoms with Crippen LogP contribution in [0.3, 0.4) is 0 Å². The van der Waals surface area contributed by atoms with Gasteiger partial charge in [0.05, 0.1) is 8.07 Å². The summed E-state index contributed by atoms with van der Waals surface area (Å²) in [5.41, 5.74) is 21.3. The van der Waals surface area contributed by atoms with Gasteiger partial charge in [0, 0.05) is 72.5 Å². The van der Waals surface area contributed by atoms with Crippen LogP contribution >= 0.6 is 0 Å². The number of nitrogens with zero attached hydrogens (tertiary/aromatic N) is 4. The Morgan fingerprint density at radius 2 is 0.941 bits per heavy atom. The average molecular weight is 1290 g/mol. The Kier molecular flexibility index (Phi) is 13.5. The van der Waals surface area contributed by atoms with E-state index in [1.807, 2.05) is 12.3 Å². The number of fused-ring (bicyclic) bond motifs is 5. The zero-order chi connectivity index (χ0) is 56.7. The van der Waals surface area contributed by atoms with Crippen molar-refractivity contribution in [3.8, 4) is 84.1 Å². The molecule has 5 nitrogen and oxygen atoms in total. The second-order valence-corrected chi connectivity index (χ2v) is 28.0. The second kappa shape index (κ2) is 21.4. The van der Waals surface area contributed by atoms with Crippen molar-refractivity contribution in [1.82, 2.24) is 9.55 Å². The Morgan fingerprint density at radius 3 is 1.51 bits per heavy atom. The van der Waals surface area contributed by atoms with Gasteiger partial charge in [0.15, 0.2) is 0 Å². The zero-order valence-corrected chi connectivity index (χ0v) is 51.2. The van der Waals surface area contributed by atoms with Crippen LogP contribution in [0.2, 0.25) is 13.1 Å². The predicted octanol–water partition coefficient (Wildman–Crippen LogP) is 19.4. The Balaban J connectivity index is 0.00000640. The van der Waals surface area contributed by atoms with Gasteiger partial charge in [-0.3, -0.25) is 0 Å². The maximum atomic E-state index is 6.96. The summed E-state index contributed by atoms with van der Waals surface area (Å²) in [6.45, 7) is 14.0. The smallest absolute Gasteiger partial charge is 0.135 e. The van der Waals surface area contributed by atoms with Crippen molar-refractivity contribution in [2.75, 3.05) is 9.80 Å². The van der Waals surface area contributed by atoms with E-state index in [1.54, 1.807) is 0 Å². The first kappa shape index (κ1) is 53.7. The van der Waals surface area contributed by atoms with E-state index in [9.17, 15) is 0 Å². The fourth-order valence-electron chi connectivity index (χ4n) is 12.8. The minimum atomic E-state index is -2.36. The standard InChI is InChI=1S/C78H59N4OSi.Pt/c1-78(2,3)62-40-41-79-75(48-62)82-69-33-19-18-30-67(69)68-38-36-63(49-71(68)82)83-64-37-39-73-72(50-64)81-51-80(70-34-21-35-74(77(70)81)84(73,4)5)76-65(60-44-56(52-22-10-6-11-23-52)42-57(45-60)53-24-12-7-13-25-53)31-20-32-66(76)61-46-58(54-26-14-8-15-27-54)43-59(47-61)55-28-16-9-17-29-55;/h6-48,51H,1-5H3;/q-3;. The molecule has 0 unspecified atom stereocenters. The molecule has 0 bridgehead atoms. The molecule has 11 aromatic carbocycles. The number of aromatic nitrogens is 2. The SMILES string of the molecule is CC(C)(C)c1ccnc(-n2c3[c-]c(Oc4[c-]c5c(cc4)[Si](C)(C)c4cccc6c4N5[CH-]N6c4c(-c5cc(-c6ccccc6)cc(-c6ccccc6)c5)cccc4-c4cc(-c5ccccc5)cc(-c5ccccc5)c4)ccc3c3ccccc32)c1.[Pt]. The Labute approximate surface area is 513 Å². The number of anilines is 4. The van der Waals surface area contributed by atoms with Gasteiger partial charge in [0.2, 0.25) is 0 Å². The van der Waals surface area contributed by atoms with Crippen molar-refractivity contribution in [2.24, 2.45) is 0 Å². The van der Waals surface area contributed by atoms with E-state index >= 15 is 0 Å². The molecule has 7 heteroatoms. The van der Waals surface area contributed by atoms with E-state index in [0.717, 1.165) is 111 Å². The summed E-state index contributed by atoms with van der Waals surface area (Å²) in [5, 5.41) is 4.89. The summed E-state index contributed by atoms with van der Waals surface area (Å²) in [6, 6.07) is 100. The van der Waals surface area contributed by atoms with E-state index in [-0.39, 0.29) is 26.5 Å². The van der Waals surface area contributed by atoms with Crippen LogP contribution in [-0.4, -0.2) is 17.6 Å². The normalized spacial score (nSPS) is 13.1. The van der Waals surface area contributed by atoms with Crippen LogP contribution in [-0.2, 0) is 26.5 Å². The van der Waals surface area contributed by atoms with E-state index in [0.29, 0.717) is 11.5 Å². The van der Waals surface area contributed by atoms with Gasteiger partial charge >= 0.3 is 0 Å². The van der Waals surface area contributed by atoms with Gasteiger partial charge < -0.3 is 19.1 Å². The molecule has 0 saturated carbocycles. The molecular formula is C78H59N4OPtSi-3. The summed E-state index contributed by atoms with van der Waals surface area (Å²) >= 11 is 0. The molecule has 0 fully saturated rings. The van der Waals surface area contributed by atoms with E-state index < -0.39 is 8.07 Å². The molecule has 0 atom stereocenters.